The van der Waals surface area contributed by atoms with E-state index in [9.17, 15) is 0 Å². The lowest BCUT2D eigenvalue weighted by Crippen LogP contribution is -2.30. The molecule has 19 heavy (non-hydrogen) atoms. The van der Waals surface area contributed by atoms with Crippen molar-refractivity contribution < 1.29 is 0 Å². The largest absolute Gasteiger partial charge is 0.338 e. The first kappa shape index (κ1) is 14.6. The Labute approximate surface area is 117 Å². The van der Waals surface area contributed by atoms with Crippen molar-refractivity contribution in [2.45, 2.75) is 58.4 Å². The molecule has 3 nitrogen and oxygen atoms in total. The lowest BCUT2D eigenvalue weighted by Gasteiger charge is -2.19. The van der Waals surface area contributed by atoms with Crippen LogP contribution in [-0.4, -0.2) is 22.1 Å². The molecule has 0 spiro atoms. The summed E-state index contributed by atoms with van der Waals surface area (Å²) in [7, 11) is 2.07. The van der Waals surface area contributed by atoms with Gasteiger partial charge in [-0.2, -0.15) is 0 Å². The smallest absolute Gasteiger partial charge is 0.109 e. The summed E-state index contributed by atoms with van der Waals surface area (Å²) in [6, 6.07) is 0.726. The summed E-state index contributed by atoms with van der Waals surface area (Å²) in [6.07, 6.45) is 11.9. The Morgan fingerprint density at radius 2 is 2.16 bits per heavy atom. The highest BCUT2D eigenvalue weighted by Gasteiger charge is 2.20. The quantitative estimate of drug-likeness (QED) is 0.827. The third-order valence-corrected chi connectivity index (χ3v) is 4.66. The Morgan fingerprint density at radius 3 is 2.84 bits per heavy atom. The minimum atomic E-state index is 0.726. The van der Waals surface area contributed by atoms with E-state index in [1.165, 1.54) is 37.9 Å². The lowest BCUT2D eigenvalue weighted by atomic mass is 9.89. The van der Waals surface area contributed by atoms with Crippen molar-refractivity contribution >= 4 is 0 Å². The van der Waals surface area contributed by atoms with Crippen molar-refractivity contribution in [1.82, 2.24) is 14.9 Å². The highest BCUT2D eigenvalue weighted by molar-refractivity contribution is 4.91. The third kappa shape index (κ3) is 4.34. The van der Waals surface area contributed by atoms with E-state index in [4.69, 9.17) is 0 Å². The Balaban J connectivity index is 1.70. The highest BCUT2D eigenvalue weighted by atomic mass is 15.0. The van der Waals surface area contributed by atoms with Gasteiger partial charge in [0.05, 0.1) is 0 Å². The zero-order valence-electron chi connectivity index (χ0n) is 12.7. The van der Waals surface area contributed by atoms with Crippen LogP contribution in [0.15, 0.2) is 12.4 Å². The number of hydrogen-bond donors (Lipinski definition) is 1. The number of hydrogen-bond acceptors (Lipinski definition) is 2. The van der Waals surface area contributed by atoms with Crippen LogP contribution in [0.3, 0.4) is 0 Å². The van der Waals surface area contributed by atoms with Crippen LogP contribution in [0.5, 0.6) is 0 Å². The van der Waals surface area contributed by atoms with E-state index in [2.05, 4.69) is 35.8 Å². The zero-order valence-corrected chi connectivity index (χ0v) is 12.7. The summed E-state index contributed by atoms with van der Waals surface area (Å²) < 4.78 is 2.11. The fourth-order valence-electron chi connectivity index (χ4n) is 3.23. The van der Waals surface area contributed by atoms with Gasteiger partial charge in [0.1, 0.15) is 5.82 Å². The van der Waals surface area contributed by atoms with Crippen molar-refractivity contribution in [2.24, 2.45) is 18.9 Å². The molecule has 3 heteroatoms. The molecule has 1 aromatic heterocycles. The van der Waals surface area contributed by atoms with Crippen molar-refractivity contribution in [2.75, 3.05) is 6.54 Å². The molecule has 1 aromatic rings. The molecule has 0 aliphatic heterocycles. The van der Waals surface area contributed by atoms with E-state index < -0.39 is 0 Å². The first-order valence-electron chi connectivity index (χ1n) is 7.86. The summed E-state index contributed by atoms with van der Waals surface area (Å²) in [5, 5.41) is 3.73. The molecule has 1 aliphatic rings. The van der Waals surface area contributed by atoms with E-state index in [1.54, 1.807) is 0 Å². The molecule has 2 rings (SSSR count). The van der Waals surface area contributed by atoms with Crippen molar-refractivity contribution in [1.29, 1.82) is 0 Å². The Morgan fingerprint density at radius 1 is 1.32 bits per heavy atom. The molecule has 2 unspecified atom stereocenters. The average Bonchev–Trinajstić information content (AvgIpc) is 2.65. The molecule has 0 saturated heterocycles. The number of rotatable bonds is 5. The number of nitrogens with zero attached hydrogens (tertiary/aromatic N) is 2. The molecular weight excluding hydrogens is 234 g/mol. The average molecular weight is 263 g/mol. The Kier molecular flexibility index (Phi) is 5.44. The van der Waals surface area contributed by atoms with Gasteiger partial charge in [0, 0.05) is 38.4 Å². The van der Waals surface area contributed by atoms with Crippen LogP contribution in [0.2, 0.25) is 0 Å². The van der Waals surface area contributed by atoms with Crippen LogP contribution in [0.4, 0.5) is 0 Å². The van der Waals surface area contributed by atoms with Gasteiger partial charge in [0.2, 0.25) is 0 Å². The van der Waals surface area contributed by atoms with Crippen LogP contribution < -0.4 is 5.32 Å². The van der Waals surface area contributed by atoms with Gasteiger partial charge in [-0.15, -0.1) is 0 Å². The minimum absolute atomic E-state index is 0.726. The first-order valence-corrected chi connectivity index (χ1v) is 7.86. The maximum atomic E-state index is 4.38. The first-order chi connectivity index (χ1) is 9.16. The van der Waals surface area contributed by atoms with Gasteiger partial charge in [-0.25, -0.2) is 4.98 Å². The number of aromatic nitrogens is 2. The second kappa shape index (κ2) is 7.09. The third-order valence-electron chi connectivity index (χ3n) is 4.66. The topological polar surface area (TPSA) is 29.9 Å². The number of nitrogens with one attached hydrogen (secondary N) is 1. The van der Waals surface area contributed by atoms with E-state index in [1.807, 2.05) is 12.4 Å². The Hall–Kier alpha value is -0.830. The van der Waals surface area contributed by atoms with Crippen LogP contribution in [-0.2, 0) is 13.5 Å². The lowest BCUT2D eigenvalue weighted by molar-refractivity contribution is 0.338. The molecule has 2 atom stereocenters. The Bertz CT molecular complexity index is 370. The maximum Gasteiger partial charge on any atom is 0.109 e. The van der Waals surface area contributed by atoms with Gasteiger partial charge in [0.15, 0.2) is 0 Å². The van der Waals surface area contributed by atoms with Crippen LogP contribution in [0.1, 0.15) is 51.8 Å². The molecule has 1 heterocycles. The van der Waals surface area contributed by atoms with E-state index >= 15 is 0 Å². The predicted molar refractivity (Wildman–Crippen MR) is 80.1 cm³/mol. The molecular formula is C16H29N3. The van der Waals surface area contributed by atoms with Gasteiger partial charge in [0.25, 0.3) is 0 Å². The molecule has 1 saturated carbocycles. The standard InChI is InChI=1S/C16H29N3/c1-13(2)14-5-4-6-15(8-7-14)17-10-9-16-18-11-12-19(16)3/h11-15,17H,4-10H2,1-3H3. The van der Waals surface area contributed by atoms with E-state index in [0.717, 1.165) is 30.8 Å². The summed E-state index contributed by atoms with van der Waals surface area (Å²) >= 11 is 0. The summed E-state index contributed by atoms with van der Waals surface area (Å²) in [6.45, 7) is 5.81. The number of imidazole rings is 1. The molecule has 0 aromatic carbocycles. The normalized spacial score (nSPS) is 24.6. The van der Waals surface area contributed by atoms with E-state index in [0.29, 0.717) is 0 Å². The second-order valence-electron chi connectivity index (χ2n) is 6.37. The van der Waals surface area contributed by atoms with Gasteiger partial charge in [-0.05, 0) is 31.1 Å². The molecule has 0 radical (unpaired) electrons. The fraction of sp³-hybridized carbons (Fsp3) is 0.812. The zero-order chi connectivity index (χ0) is 13.7. The minimum Gasteiger partial charge on any atom is -0.338 e. The van der Waals surface area contributed by atoms with Crippen molar-refractivity contribution in [3.8, 4) is 0 Å². The van der Waals surface area contributed by atoms with Gasteiger partial charge in [-0.1, -0.05) is 26.7 Å². The molecule has 1 fully saturated rings. The van der Waals surface area contributed by atoms with Crippen LogP contribution in [0, 0.1) is 11.8 Å². The predicted octanol–water partition coefficient (Wildman–Crippen LogP) is 3.16. The van der Waals surface area contributed by atoms with Crippen molar-refractivity contribution in [3.63, 3.8) is 0 Å². The molecule has 0 bridgehead atoms. The summed E-state index contributed by atoms with van der Waals surface area (Å²) in [5.74, 6) is 2.98. The van der Waals surface area contributed by atoms with Crippen LogP contribution in [0.25, 0.3) is 0 Å². The molecule has 1 aliphatic carbocycles. The fourth-order valence-corrected chi connectivity index (χ4v) is 3.23. The van der Waals surface area contributed by atoms with Crippen LogP contribution >= 0.6 is 0 Å². The highest BCUT2D eigenvalue weighted by Crippen LogP contribution is 2.28. The molecule has 108 valence electrons. The summed E-state index contributed by atoms with van der Waals surface area (Å²) in [4.78, 5) is 4.38. The molecule has 0 amide bonds. The second-order valence-corrected chi connectivity index (χ2v) is 6.37. The maximum absolute atomic E-state index is 4.38. The van der Waals surface area contributed by atoms with Gasteiger partial charge in [-0.3, -0.25) is 0 Å². The SMILES string of the molecule is CC(C)C1CCCC(NCCc2nccn2C)CC1. The summed E-state index contributed by atoms with van der Waals surface area (Å²) in [5.41, 5.74) is 0. The number of aryl methyl sites for hydroxylation is 1. The van der Waals surface area contributed by atoms with E-state index in [-0.39, 0.29) is 0 Å². The molecule has 1 N–H and O–H groups in total. The van der Waals surface area contributed by atoms with Gasteiger partial charge >= 0.3 is 0 Å². The van der Waals surface area contributed by atoms with Gasteiger partial charge < -0.3 is 9.88 Å². The monoisotopic (exact) mass is 263 g/mol. The van der Waals surface area contributed by atoms with Crippen molar-refractivity contribution in [3.05, 3.63) is 18.2 Å².